The van der Waals surface area contributed by atoms with Gasteiger partial charge in [0.2, 0.25) is 17.8 Å². The van der Waals surface area contributed by atoms with Crippen molar-refractivity contribution < 1.29 is 9.18 Å². The van der Waals surface area contributed by atoms with Gasteiger partial charge in [0, 0.05) is 61.1 Å². The largest absolute Gasteiger partial charge is 0.352 e. The molecule has 1 amide bonds. The number of halogens is 2. The highest BCUT2D eigenvalue weighted by molar-refractivity contribution is 14.1. The van der Waals surface area contributed by atoms with Gasteiger partial charge in [-0.05, 0) is 69.8 Å². The minimum atomic E-state index is -0.479. The first kappa shape index (κ1) is 29.2. The average molecular weight is 701 g/mol. The van der Waals surface area contributed by atoms with Crippen LogP contribution in [0.1, 0.15) is 18.1 Å². The monoisotopic (exact) mass is 700 g/mol. The van der Waals surface area contributed by atoms with E-state index in [-0.39, 0.29) is 11.9 Å². The fourth-order valence-corrected chi connectivity index (χ4v) is 7.49. The van der Waals surface area contributed by atoms with Crippen molar-refractivity contribution >= 4 is 76.9 Å². The van der Waals surface area contributed by atoms with E-state index in [0.29, 0.717) is 37.0 Å². The number of amides is 1. The van der Waals surface area contributed by atoms with E-state index in [0.717, 1.165) is 62.9 Å². The minimum absolute atomic E-state index is 0.00905. The van der Waals surface area contributed by atoms with Crippen LogP contribution in [-0.2, 0) is 4.79 Å². The first-order chi connectivity index (χ1) is 20.0. The van der Waals surface area contributed by atoms with E-state index >= 15 is 0 Å². The average Bonchev–Trinajstić information content (AvgIpc) is 3.21. The zero-order valence-corrected chi connectivity index (χ0v) is 27.8. The molecule has 1 unspecified atom stereocenters. The molecule has 0 N–H and O–H groups in total. The number of nitrogens with zero attached hydrogens (tertiary/aromatic N) is 8. The summed E-state index contributed by atoms with van der Waals surface area (Å²) in [5, 5.41) is 6.48. The Kier molecular flexibility index (Phi) is 7.64. The zero-order chi connectivity index (χ0) is 30.0. The summed E-state index contributed by atoms with van der Waals surface area (Å²) in [6.07, 6.45) is 1.39. The molecule has 2 atom stereocenters. The van der Waals surface area contributed by atoms with Crippen molar-refractivity contribution in [1.29, 1.82) is 0 Å². The molecule has 2 aliphatic heterocycles. The lowest BCUT2D eigenvalue weighted by Crippen LogP contribution is -2.58. The van der Waals surface area contributed by atoms with E-state index < -0.39 is 5.95 Å². The van der Waals surface area contributed by atoms with Gasteiger partial charge >= 0.3 is 0 Å². The quantitative estimate of drug-likeness (QED) is 0.177. The Morgan fingerprint density at radius 1 is 1.10 bits per heavy atom. The summed E-state index contributed by atoms with van der Waals surface area (Å²) in [6, 6.07) is 6.37. The lowest BCUT2D eigenvalue weighted by molar-refractivity contribution is -0.128. The summed E-state index contributed by atoms with van der Waals surface area (Å²) < 4.78 is 16.3. The van der Waals surface area contributed by atoms with E-state index in [4.69, 9.17) is 9.97 Å². The summed E-state index contributed by atoms with van der Waals surface area (Å²) in [6.45, 7) is 13.5. The number of rotatable bonds is 5. The Balaban J connectivity index is 1.54. The molecule has 220 valence electrons. The fraction of sp³-hybridized carbons (Fsp3) is 0.400. The van der Waals surface area contributed by atoms with Crippen molar-refractivity contribution in [1.82, 2.24) is 27.8 Å². The first-order valence-corrected chi connectivity index (χ1v) is 15.6. The van der Waals surface area contributed by atoms with Crippen molar-refractivity contribution in [2.75, 3.05) is 56.6 Å². The fourth-order valence-electron chi connectivity index (χ4n) is 6.20. The van der Waals surface area contributed by atoms with Crippen LogP contribution in [0.15, 0.2) is 30.9 Å². The van der Waals surface area contributed by atoms with Crippen molar-refractivity contribution in [3.63, 3.8) is 0 Å². The second-order valence-corrected chi connectivity index (χ2v) is 13.1. The summed E-state index contributed by atoms with van der Waals surface area (Å²) in [4.78, 5) is 31.3. The molecule has 2 aliphatic rings. The highest BCUT2D eigenvalue weighted by atomic mass is 127. The van der Waals surface area contributed by atoms with Crippen LogP contribution in [0.4, 0.5) is 16.2 Å². The molecule has 2 fully saturated rings. The molecule has 9 nitrogen and oxygen atoms in total. The molecule has 2 aromatic carbocycles. The first-order valence-electron chi connectivity index (χ1n) is 14.0. The Labute approximate surface area is 261 Å². The normalized spacial score (nSPS) is 17.9. The van der Waals surface area contributed by atoms with Crippen LogP contribution in [0.5, 0.6) is 0 Å². The topological polar surface area (TPSA) is 73.6 Å². The van der Waals surface area contributed by atoms with Gasteiger partial charge in [0.1, 0.15) is 5.82 Å². The van der Waals surface area contributed by atoms with Gasteiger partial charge in [0.15, 0.2) is 0 Å². The maximum atomic E-state index is 14.7. The molecule has 12 heteroatoms. The van der Waals surface area contributed by atoms with E-state index in [2.05, 4.69) is 92.5 Å². The third-order valence-electron chi connectivity index (χ3n) is 8.67. The SMILES string of the molecule is C=CC(=O)N1CCN(c2nc(N3CC(N(C)C)C3)nc3c(P)c(-c4c(C)ccc5c(F)nn(I)c45)c(C)cc23)C[C@H]1C. The molecule has 6 rings (SSSR count). The van der Waals surface area contributed by atoms with Crippen molar-refractivity contribution in [3.8, 4) is 11.1 Å². The molecular formula is C30H35FIN8OP. The number of benzene rings is 2. The number of fused-ring (bicyclic) bond motifs is 2. The maximum Gasteiger partial charge on any atom is 0.246 e. The minimum Gasteiger partial charge on any atom is -0.352 e. The smallest absolute Gasteiger partial charge is 0.246 e. The van der Waals surface area contributed by atoms with Gasteiger partial charge in [-0.1, -0.05) is 12.6 Å². The van der Waals surface area contributed by atoms with E-state index in [1.807, 2.05) is 17.9 Å². The summed E-state index contributed by atoms with van der Waals surface area (Å²) in [5.41, 5.74) is 5.64. The van der Waals surface area contributed by atoms with E-state index in [1.54, 1.807) is 8.96 Å². The number of hydrogen-bond donors (Lipinski definition) is 0. The summed E-state index contributed by atoms with van der Waals surface area (Å²) in [5.74, 6) is 1.05. The molecule has 2 aromatic heterocycles. The third-order valence-corrected chi connectivity index (χ3v) is 9.93. The second kappa shape index (κ2) is 11.0. The van der Waals surface area contributed by atoms with Gasteiger partial charge in [-0.25, -0.2) is 7.88 Å². The number of aromatic nitrogens is 4. The highest BCUT2D eigenvalue weighted by Crippen LogP contribution is 2.39. The molecule has 2 saturated heterocycles. The molecule has 4 aromatic rings. The number of carbonyl (C=O) groups excluding carboxylic acids is 1. The Morgan fingerprint density at radius 2 is 1.83 bits per heavy atom. The summed E-state index contributed by atoms with van der Waals surface area (Å²) >= 11 is 2.05. The van der Waals surface area contributed by atoms with Gasteiger partial charge in [0.25, 0.3) is 0 Å². The number of likely N-dealkylation sites (N-methyl/N-ethyl adjacent to an activating group) is 1. The Bertz CT molecular complexity index is 1750. The van der Waals surface area contributed by atoms with Crippen LogP contribution in [0.3, 0.4) is 0 Å². The van der Waals surface area contributed by atoms with E-state index in [1.165, 1.54) is 6.08 Å². The number of aryl methyl sites for hydroxylation is 2. The van der Waals surface area contributed by atoms with Crippen LogP contribution >= 0.6 is 32.1 Å². The van der Waals surface area contributed by atoms with Crippen LogP contribution in [-0.4, -0.2) is 92.6 Å². The summed E-state index contributed by atoms with van der Waals surface area (Å²) in [7, 11) is 7.12. The zero-order valence-electron chi connectivity index (χ0n) is 24.5. The maximum absolute atomic E-state index is 14.7. The molecule has 4 heterocycles. The molecule has 0 saturated carbocycles. The standard InChI is InChI=1S/C30H35FIN8OP/c1-7-22(41)39-11-10-37(13-18(39)4)29-21-12-17(3)24(23-16(2)8-9-20-26(23)40(32)35-28(20)31)27(42)25(21)33-30(34-29)38-14-19(15-38)36(5)6/h7-9,12,18-19H,1,10-11,13-15,42H2,2-6H3/t18-/m1/s1. The molecule has 42 heavy (non-hydrogen) atoms. The molecule has 0 spiro atoms. The predicted molar refractivity (Wildman–Crippen MR) is 180 cm³/mol. The highest BCUT2D eigenvalue weighted by Gasteiger charge is 2.33. The van der Waals surface area contributed by atoms with Crippen molar-refractivity contribution in [3.05, 3.63) is 47.9 Å². The van der Waals surface area contributed by atoms with E-state index in [9.17, 15) is 9.18 Å². The molecule has 0 bridgehead atoms. The van der Waals surface area contributed by atoms with Crippen LogP contribution in [0.25, 0.3) is 32.9 Å². The third kappa shape index (κ3) is 4.73. The second-order valence-electron chi connectivity index (χ2n) is 11.6. The predicted octanol–water partition coefficient (Wildman–Crippen LogP) is 4.07. The lowest BCUT2D eigenvalue weighted by atomic mass is 9.93. The van der Waals surface area contributed by atoms with Crippen molar-refractivity contribution in [2.45, 2.75) is 32.9 Å². The number of anilines is 2. The Morgan fingerprint density at radius 3 is 2.50 bits per heavy atom. The number of piperazine rings is 1. The lowest BCUT2D eigenvalue weighted by Gasteiger charge is -2.44. The Hall–Kier alpha value is -2.89. The van der Waals surface area contributed by atoms with Crippen molar-refractivity contribution in [2.24, 2.45) is 0 Å². The van der Waals surface area contributed by atoms with Gasteiger partial charge in [-0.3, -0.25) is 4.79 Å². The molecule has 0 radical (unpaired) electrons. The van der Waals surface area contributed by atoms with Crippen LogP contribution < -0.4 is 15.1 Å². The van der Waals surface area contributed by atoms with Crippen LogP contribution in [0, 0.1) is 19.8 Å². The van der Waals surface area contributed by atoms with Gasteiger partial charge < -0.3 is 19.6 Å². The molecular weight excluding hydrogens is 665 g/mol. The number of carbonyl (C=O) groups is 1. The van der Waals surface area contributed by atoms with Crippen LogP contribution in [0.2, 0.25) is 0 Å². The van der Waals surface area contributed by atoms with Gasteiger partial charge in [-0.15, -0.1) is 14.3 Å². The van der Waals surface area contributed by atoms with Gasteiger partial charge in [-0.2, -0.15) is 9.37 Å². The van der Waals surface area contributed by atoms with Gasteiger partial charge in [0.05, 0.1) is 39.3 Å². The molecule has 0 aliphatic carbocycles. The number of hydrogen-bond acceptors (Lipinski definition) is 7.